The fourth-order valence-corrected chi connectivity index (χ4v) is 2.85. The van der Waals surface area contributed by atoms with E-state index in [9.17, 15) is 27.9 Å². The van der Waals surface area contributed by atoms with Crippen molar-refractivity contribution in [3.8, 4) is 22.9 Å². The van der Waals surface area contributed by atoms with Crippen molar-refractivity contribution < 1.29 is 32.6 Å². The summed E-state index contributed by atoms with van der Waals surface area (Å²) in [6.07, 6.45) is -4.44. The molecule has 0 saturated carbocycles. The van der Waals surface area contributed by atoms with E-state index in [0.717, 1.165) is 12.1 Å². The molecule has 12 heteroatoms. The molecular weight excluding hydrogens is 455 g/mol. The molecule has 1 aromatic heterocycles. The van der Waals surface area contributed by atoms with Crippen LogP contribution in [-0.4, -0.2) is 39.5 Å². The second-order valence-electron chi connectivity index (χ2n) is 7.10. The molecule has 0 spiro atoms. The van der Waals surface area contributed by atoms with Crippen molar-refractivity contribution in [2.75, 3.05) is 6.61 Å². The van der Waals surface area contributed by atoms with Gasteiger partial charge in [0, 0.05) is 12.1 Å². The topological polar surface area (TPSA) is 153 Å². The normalized spacial score (nSPS) is 12.2. The standard InChI is InChI=1S/C22H20F3N5O4/c23-22(24,25)13-3-7-16(8-4-13)34-15-5-1-12(2-6-15)21-29-14(9-17(30-21)19(26)32)10-28-18(11-31)20(27)33/h1-9,18,28,31H,10-11H2,(H2,26,32)(H2,27,33)/t18-/m0/s1. The Morgan fingerprint density at radius 2 is 1.59 bits per heavy atom. The number of benzene rings is 2. The maximum absolute atomic E-state index is 12.7. The summed E-state index contributed by atoms with van der Waals surface area (Å²) >= 11 is 0. The van der Waals surface area contributed by atoms with Gasteiger partial charge >= 0.3 is 6.18 Å². The molecule has 2 amide bonds. The summed E-state index contributed by atoms with van der Waals surface area (Å²) < 4.78 is 43.6. The van der Waals surface area contributed by atoms with Crippen LogP contribution < -0.4 is 21.5 Å². The Hall–Kier alpha value is -4.03. The minimum atomic E-state index is -4.44. The highest BCUT2D eigenvalue weighted by Crippen LogP contribution is 2.31. The van der Waals surface area contributed by atoms with Crippen LogP contribution in [0, 0.1) is 0 Å². The third kappa shape index (κ3) is 6.27. The summed E-state index contributed by atoms with van der Waals surface area (Å²) in [7, 11) is 0. The number of hydrogen-bond acceptors (Lipinski definition) is 7. The second kappa shape index (κ2) is 10.3. The number of aliphatic hydroxyl groups excluding tert-OH is 1. The minimum absolute atomic E-state index is 0.000910. The van der Waals surface area contributed by atoms with Gasteiger partial charge in [-0.2, -0.15) is 13.2 Å². The molecule has 1 heterocycles. The fraction of sp³-hybridized carbons (Fsp3) is 0.182. The maximum Gasteiger partial charge on any atom is 0.416 e. The van der Waals surface area contributed by atoms with Gasteiger partial charge in [0.25, 0.3) is 5.91 Å². The first-order valence-corrected chi connectivity index (χ1v) is 9.83. The van der Waals surface area contributed by atoms with Crippen LogP contribution in [0.5, 0.6) is 11.5 Å². The van der Waals surface area contributed by atoms with Crippen molar-refractivity contribution in [2.45, 2.75) is 18.8 Å². The predicted molar refractivity (Wildman–Crippen MR) is 114 cm³/mol. The van der Waals surface area contributed by atoms with E-state index in [-0.39, 0.29) is 23.8 Å². The molecule has 0 fully saturated rings. The molecule has 3 rings (SSSR count). The average Bonchev–Trinajstić information content (AvgIpc) is 2.79. The number of hydrogen-bond donors (Lipinski definition) is 4. The first-order valence-electron chi connectivity index (χ1n) is 9.83. The molecule has 0 saturated heterocycles. The van der Waals surface area contributed by atoms with Crippen molar-refractivity contribution in [3.05, 3.63) is 71.5 Å². The van der Waals surface area contributed by atoms with E-state index in [4.69, 9.17) is 16.2 Å². The average molecular weight is 475 g/mol. The highest BCUT2D eigenvalue weighted by atomic mass is 19.4. The molecular formula is C22H20F3N5O4. The van der Waals surface area contributed by atoms with E-state index in [1.165, 1.54) is 18.2 Å². The van der Waals surface area contributed by atoms with Crippen molar-refractivity contribution >= 4 is 11.8 Å². The zero-order valence-corrected chi connectivity index (χ0v) is 17.5. The molecule has 0 aliphatic carbocycles. The maximum atomic E-state index is 12.7. The van der Waals surface area contributed by atoms with Gasteiger partial charge in [-0.25, -0.2) is 9.97 Å². The number of alkyl halides is 3. The molecule has 0 unspecified atom stereocenters. The van der Waals surface area contributed by atoms with Crippen molar-refractivity contribution in [2.24, 2.45) is 11.5 Å². The van der Waals surface area contributed by atoms with E-state index in [0.29, 0.717) is 17.0 Å². The number of nitrogens with two attached hydrogens (primary N) is 2. The van der Waals surface area contributed by atoms with Crippen molar-refractivity contribution in [3.63, 3.8) is 0 Å². The van der Waals surface area contributed by atoms with Crippen LogP contribution in [0.25, 0.3) is 11.4 Å². The number of aromatic nitrogens is 2. The highest BCUT2D eigenvalue weighted by Gasteiger charge is 2.30. The monoisotopic (exact) mass is 475 g/mol. The van der Waals surface area contributed by atoms with Crippen LogP contribution in [-0.2, 0) is 17.5 Å². The minimum Gasteiger partial charge on any atom is -0.457 e. The molecule has 1 atom stereocenters. The molecule has 3 aromatic rings. The van der Waals surface area contributed by atoms with Crippen LogP contribution in [0.1, 0.15) is 21.7 Å². The molecule has 0 bridgehead atoms. The molecule has 0 aliphatic heterocycles. The summed E-state index contributed by atoms with van der Waals surface area (Å²) in [4.78, 5) is 31.4. The first kappa shape index (κ1) is 24.6. The number of primary amides is 2. The van der Waals surface area contributed by atoms with E-state index in [1.807, 2.05) is 0 Å². The smallest absolute Gasteiger partial charge is 0.416 e. The molecule has 0 radical (unpaired) electrons. The lowest BCUT2D eigenvalue weighted by molar-refractivity contribution is -0.137. The number of carbonyl (C=O) groups excluding carboxylic acids is 2. The van der Waals surface area contributed by atoms with Crippen molar-refractivity contribution in [1.29, 1.82) is 0 Å². The van der Waals surface area contributed by atoms with Gasteiger partial charge in [-0.1, -0.05) is 0 Å². The zero-order chi connectivity index (χ0) is 24.9. The van der Waals surface area contributed by atoms with Crippen LogP contribution >= 0.6 is 0 Å². The van der Waals surface area contributed by atoms with Crippen LogP contribution in [0.3, 0.4) is 0 Å². The van der Waals surface area contributed by atoms with Crippen LogP contribution in [0.15, 0.2) is 54.6 Å². The molecule has 0 aliphatic rings. The number of nitrogens with zero attached hydrogens (tertiary/aromatic N) is 2. The lowest BCUT2D eigenvalue weighted by Gasteiger charge is -2.13. The number of carbonyl (C=O) groups is 2. The van der Waals surface area contributed by atoms with Gasteiger partial charge < -0.3 is 21.3 Å². The lowest BCUT2D eigenvalue weighted by Crippen LogP contribution is -2.43. The summed E-state index contributed by atoms with van der Waals surface area (Å²) in [5.74, 6) is -0.817. The highest BCUT2D eigenvalue weighted by molar-refractivity contribution is 5.91. The third-order valence-corrected chi connectivity index (χ3v) is 4.62. The lowest BCUT2D eigenvalue weighted by atomic mass is 10.2. The van der Waals surface area contributed by atoms with E-state index < -0.39 is 36.2 Å². The van der Waals surface area contributed by atoms with E-state index in [2.05, 4.69) is 15.3 Å². The molecule has 34 heavy (non-hydrogen) atoms. The van der Waals surface area contributed by atoms with Gasteiger partial charge in [-0.05, 0) is 54.6 Å². The predicted octanol–water partition coefficient (Wildman–Crippen LogP) is 1.99. The van der Waals surface area contributed by atoms with Gasteiger partial charge in [-0.3, -0.25) is 14.9 Å². The Morgan fingerprint density at radius 1 is 1.00 bits per heavy atom. The third-order valence-electron chi connectivity index (χ3n) is 4.62. The number of nitrogens with one attached hydrogen (secondary N) is 1. The molecule has 2 aromatic carbocycles. The number of ether oxygens (including phenoxy) is 1. The van der Waals surface area contributed by atoms with Crippen molar-refractivity contribution in [1.82, 2.24) is 15.3 Å². The molecule has 9 nitrogen and oxygen atoms in total. The zero-order valence-electron chi connectivity index (χ0n) is 17.5. The summed E-state index contributed by atoms with van der Waals surface area (Å²) in [5, 5.41) is 11.9. The SMILES string of the molecule is NC(=O)c1cc(CN[C@@H](CO)C(N)=O)nc(-c2ccc(Oc3ccc(C(F)(F)F)cc3)cc2)n1. The molecule has 178 valence electrons. The van der Waals surface area contributed by atoms with E-state index in [1.54, 1.807) is 24.3 Å². The first-order chi connectivity index (χ1) is 16.1. The fourth-order valence-electron chi connectivity index (χ4n) is 2.85. The van der Waals surface area contributed by atoms with Gasteiger partial charge in [0.2, 0.25) is 5.91 Å². The Labute approximate surface area is 191 Å². The number of aliphatic hydroxyl groups is 1. The number of rotatable bonds is 9. The second-order valence-corrected chi connectivity index (χ2v) is 7.10. The molecule has 6 N–H and O–H groups in total. The Balaban J connectivity index is 1.79. The van der Waals surface area contributed by atoms with Crippen LogP contribution in [0.4, 0.5) is 13.2 Å². The quantitative estimate of drug-likeness (QED) is 0.369. The van der Waals surface area contributed by atoms with E-state index >= 15 is 0 Å². The number of halogens is 3. The summed E-state index contributed by atoms with van der Waals surface area (Å²) in [6, 6.07) is 10.9. The summed E-state index contributed by atoms with van der Waals surface area (Å²) in [5.41, 5.74) is 10.5. The Kier molecular flexibility index (Phi) is 7.44. The Morgan fingerprint density at radius 3 is 2.09 bits per heavy atom. The summed E-state index contributed by atoms with van der Waals surface area (Å²) in [6.45, 7) is -0.518. The van der Waals surface area contributed by atoms with Gasteiger partial charge in [0.05, 0.1) is 17.9 Å². The van der Waals surface area contributed by atoms with Gasteiger partial charge in [0.1, 0.15) is 23.2 Å². The van der Waals surface area contributed by atoms with Gasteiger partial charge in [0.15, 0.2) is 5.82 Å². The van der Waals surface area contributed by atoms with Crippen LogP contribution in [0.2, 0.25) is 0 Å². The van der Waals surface area contributed by atoms with Gasteiger partial charge in [-0.15, -0.1) is 0 Å². The Bertz CT molecular complexity index is 1170. The largest absolute Gasteiger partial charge is 0.457 e. The number of amides is 2.